The summed E-state index contributed by atoms with van der Waals surface area (Å²) in [7, 11) is -3.67. The van der Waals surface area contributed by atoms with Gasteiger partial charge in [0.1, 0.15) is 4.21 Å². The molecule has 0 aliphatic heterocycles. The Kier molecular flexibility index (Phi) is 8.07. The van der Waals surface area contributed by atoms with Crippen LogP contribution in [0.3, 0.4) is 0 Å². The van der Waals surface area contributed by atoms with Crippen LogP contribution in [-0.4, -0.2) is 19.6 Å². The Morgan fingerprint density at radius 3 is 2.37 bits per heavy atom. The van der Waals surface area contributed by atoms with Crippen molar-refractivity contribution in [1.82, 2.24) is 10.5 Å². The van der Waals surface area contributed by atoms with Crippen molar-refractivity contribution in [3.63, 3.8) is 0 Å². The molecule has 1 aromatic carbocycles. The number of sulfonamides is 1. The normalized spacial score (nSPS) is 13.8. The quantitative estimate of drug-likeness (QED) is 0.489. The summed E-state index contributed by atoms with van der Waals surface area (Å²) in [6.45, 7) is 4.68. The smallest absolute Gasteiger partial charge is 0.271 e. The molecule has 4 rings (SSSR count). The predicted molar refractivity (Wildman–Crippen MR) is 122 cm³/mol. The summed E-state index contributed by atoms with van der Waals surface area (Å²) < 4.78 is 33.4. The minimum Gasteiger partial charge on any atom is -0.355 e. The minimum atomic E-state index is -3.67. The standard InChI is InChI=1S/C17H19N3O3S2.C5H10/c1-12(2)18-11-13-5-3-4-6-14(13)20-25(21,22)17-8-7-16(24-17)15-9-10-19-23-15;1-2-4-5-3-1/h3-10,12,18,20H,11H2,1-2H3;1-5H2. The fraction of sp³-hybridized carbons (Fsp3) is 0.409. The number of nitrogens with one attached hydrogen (secondary N) is 2. The molecular formula is C22H29N3O3S2. The van der Waals surface area contributed by atoms with E-state index in [1.807, 2.05) is 32.0 Å². The zero-order valence-corrected chi connectivity index (χ0v) is 19.1. The lowest BCUT2D eigenvalue weighted by Gasteiger charge is -2.14. The van der Waals surface area contributed by atoms with Gasteiger partial charge in [0.25, 0.3) is 10.0 Å². The number of aromatic nitrogens is 1. The summed E-state index contributed by atoms with van der Waals surface area (Å²) in [5, 5.41) is 6.94. The predicted octanol–water partition coefficient (Wildman–Crippen LogP) is 5.65. The number of rotatable bonds is 7. The topological polar surface area (TPSA) is 84.2 Å². The number of nitrogens with zero attached hydrogens (tertiary/aromatic N) is 1. The highest BCUT2D eigenvalue weighted by atomic mass is 32.2. The molecule has 1 aliphatic rings. The van der Waals surface area contributed by atoms with Crippen LogP contribution in [0.1, 0.15) is 51.5 Å². The van der Waals surface area contributed by atoms with E-state index in [1.54, 1.807) is 24.3 Å². The first-order valence-corrected chi connectivity index (χ1v) is 12.6. The Labute approximate surface area is 182 Å². The lowest BCUT2D eigenvalue weighted by atomic mass is 10.2. The van der Waals surface area contributed by atoms with Crippen LogP contribution in [0.5, 0.6) is 0 Å². The molecule has 0 bridgehead atoms. The summed E-state index contributed by atoms with van der Waals surface area (Å²) in [4.78, 5) is 0.715. The minimum absolute atomic E-state index is 0.227. The van der Waals surface area contributed by atoms with Gasteiger partial charge in [-0.1, -0.05) is 69.3 Å². The second-order valence-electron chi connectivity index (χ2n) is 7.56. The van der Waals surface area contributed by atoms with Crippen molar-refractivity contribution in [3.8, 4) is 10.6 Å². The maximum Gasteiger partial charge on any atom is 0.271 e. The number of benzene rings is 1. The van der Waals surface area contributed by atoms with Crippen molar-refractivity contribution >= 4 is 27.0 Å². The lowest BCUT2D eigenvalue weighted by molar-refractivity contribution is 0.433. The summed E-state index contributed by atoms with van der Waals surface area (Å²) in [6, 6.07) is 12.7. The largest absolute Gasteiger partial charge is 0.355 e. The van der Waals surface area contributed by atoms with E-state index in [4.69, 9.17) is 4.52 Å². The number of para-hydroxylation sites is 1. The zero-order chi connectivity index (χ0) is 21.4. The van der Waals surface area contributed by atoms with Crippen LogP contribution >= 0.6 is 11.3 Å². The molecule has 2 N–H and O–H groups in total. The Bertz CT molecular complexity index is 1000. The van der Waals surface area contributed by atoms with E-state index in [0.717, 1.165) is 16.9 Å². The maximum atomic E-state index is 12.7. The molecule has 0 radical (unpaired) electrons. The number of hydrogen-bond donors (Lipinski definition) is 2. The molecule has 0 unspecified atom stereocenters. The van der Waals surface area contributed by atoms with E-state index in [2.05, 4.69) is 15.2 Å². The third-order valence-electron chi connectivity index (χ3n) is 4.74. The molecule has 0 spiro atoms. The number of hydrogen-bond acceptors (Lipinski definition) is 6. The Morgan fingerprint density at radius 1 is 1.03 bits per heavy atom. The highest BCUT2D eigenvalue weighted by Gasteiger charge is 2.19. The second kappa shape index (κ2) is 10.7. The van der Waals surface area contributed by atoms with Gasteiger partial charge in [-0.25, -0.2) is 8.42 Å². The van der Waals surface area contributed by atoms with E-state index in [9.17, 15) is 8.42 Å². The molecular weight excluding hydrogens is 418 g/mol. The monoisotopic (exact) mass is 447 g/mol. The van der Waals surface area contributed by atoms with Gasteiger partial charge < -0.3 is 9.84 Å². The van der Waals surface area contributed by atoms with Crippen molar-refractivity contribution in [2.24, 2.45) is 0 Å². The first-order valence-electron chi connectivity index (χ1n) is 10.3. The molecule has 2 aromatic heterocycles. The van der Waals surface area contributed by atoms with Gasteiger partial charge in [0.05, 0.1) is 16.8 Å². The van der Waals surface area contributed by atoms with Crippen molar-refractivity contribution in [2.75, 3.05) is 4.72 Å². The summed E-state index contributed by atoms with van der Waals surface area (Å²) in [5.41, 5.74) is 1.47. The Balaban J connectivity index is 0.000000448. The molecule has 30 heavy (non-hydrogen) atoms. The van der Waals surface area contributed by atoms with Crippen LogP contribution in [0.2, 0.25) is 0 Å². The van der Waals surface area contributed by atoms with E-state index in [1.165, 1.54) is 38.3 Å². The van der Waals surface area contributed by atoms with E-state index in [-0.39, 0.29) is 4.21 Å². The summed E-state index contributed by atoms with van der Waals surface area (Å²) in [6.07, 6.45) is 9.03. The molecule has 0 amide bonds. The fourth-order valence-corrected chi connectivity index (χ4v) is 5.47. The van der Waals surface area contributed by atoms with Crippen molar-refractivity contribution in [1.29, 1.82) is 0 Å². The van der Waals surface area contributed by atoms with Crippen LogP contribution in [0.4, 0.5) is 5.69 Å². The Morgan fingerprint density at radius 2 is 1.73 bits per heavy atom. The highest BCUT2D eigenvalue weighted by Crippen LogP contribution is 2.31. The average molecular weight is 448 g/mol. The van der Waals surface area contributed by atoms with Crippen molar-refractivity contribution < 1.29 is 12.9 Å². The van der Waals surface area contributed by atoms with Crippen LogP contribution in [-0.2, 0) is 16.6 Å². The molecule has 0 saturated heterocycles. The fourth-order valence-electron chi connectivity index (χ4n) is 3.11. The molecule has 2 heterocycles. The third-order valence-corrected chi connectivity index (χ3v) is 7.70. The third kappa shape index (κ3) is 6.42. The van der Waals surface area contributed by atoms with Gasteiger partial charge in [0.15, 0.2) is 5.76 Å². The first kappa shape index (κ1) is 22.5. The Hall–Kier alpha value is -2.16. The van der Waals surface area contributed by atoms with Gasteiger partial charge in [-0.3, -0.25) is 4.72 Å². The molecule has 8 heteroatoms. The van der Waals surface area contributed by atoms with Gasteiger partial charge in [-0.15, -0.1) is 11.3 Å². The lowest BCUT2D eigenvalue weighted by Crippen LogP contribution is -2.23. The molecule has 0 atom stereocenters. The molecule has 3 aromatic rings. The van der Waals surface area contributed by atoms with Gasteiger partial charge in [-0.05, 0) is 23.8 Å². The second-order valence-corrected chi connectivity index (χ2v) is 10.6. The molecule has 1 aliphatic carbocycles. The SMILES string of the molecule is C1CCCC1.CC(C)NCc1ccccc1NS(=O)(=O)c1ccc(-c2ccno2)s1. The molecule has 6 nitrogen and oxygen atoms in total. The maximum absolute atomic E-state index is 12.7. The van der Waals surface area contributed by atoms with Crippen LogP contribution < -0.4 is 10.0 Å². The van der Waals surface area contributed by atoms with E-state index < -0.39 is 10.0 Å². The molecule has 1 fully saturated rings. The average Bonchev–Trinajstić information content (AvgIpc) is 3.51. The molecule has 1 saturated carbocycles. The zero-order valence-electron chi connectivity index (χ0n) is 17.4. The van der Waals surface area contributed by atoms with Gasteiger partial charge in [0.2, 0.25) is 0 Å². The van der Waals surface area contributed by atoms with Crippen LogP contribution in [0, 0.1) is 0 Å². The van der Waals surface area contributed by atoms with E-state index in [0.29, 0.717) is 28.9 Å². The number of anilines is 1. The van der Waals surface area contributed by atoms with Crippen molar-refractivity contribution in [3.05, 3.63) is 54.2 Å². The number of thiophene rings is 1. The van der Waals surface area contributed by atoms with Crippen molar-refractivity contribution in [2.45, 2.75) is 62.7 Å². The highest BCUT2D eigenvalue weighted by molar-refractivity contribution is 7.94. The van der Waals surface area contributed by atoms with Gasteiger partial charge in [0, 0.05) is 18.7 Å². The first-order chi connectivity index (χ1) is 14.5. The van der Waals surface area contributed by atoms with Gasteiger partial charge >= 0.3 is 0 Å². The van der Waals surface area contributed by atoms with Gasteiger partial charge in [-0.2, -0.15) is 0 Å². The summed E-state index contributed by atoms with van der Waals surface area (Å²) in [5.74, 6) is 0.549. The van der Waals surface area contributed by atoms with E-state index >= 15 is 0 Å². The van der Waals surface area contributed by atoms with Crippen LogP contribution in [0.15, 0.2) is 57.4 Å². The van der Waals surface area contributed by atoms with Crippen LogP contribution in [0.25, 0.3) is 10.6 Å². The molecule has 162 valence electrons. The summed E-state index contributed by atoms with van der Waals surface area (Å²) >= 11 is 1.14.